The lowest BCUT2D eigenvalue weighted by Crippen LogP contribution is -2.49. The number of furan rings is 1. The van der Waals surface area contributed by atoms with Gasteiger partial charge < -0.3 is 20.0 Å². The standard InChI is InChI=1S/C17H18N4O5/c1-11-13(4-9-26-11)17(23)20-7-5-19(6-8-20)14-3-2-12(16(18)22)10-15(14)21(24)25/h2-4,9-10H,5-8H2,1H3,(H2,18,22). The molecule has 9 nitrogen and oxygen atoms in total. The van der Waals surface area contributed by atoms with Crippen LogP contribution in [0.15, 0.2) is 34.9 Å². The number of aryl methyl sites for hydroxylation is 1. The summed E-state index contributed by atoms with van der Waals surface area (Å²) in [5.74, 6) is -0.268. The molecule has 1 fully saturated rings. The van der Waals surface area contributed by atoms with Crippen LogP contribution in [0, 0.1) is 17.0 Å². The lowest BCUT2D eigenvalue weighted by atomic mass is 10.1. The molecule has 2 aromatic rings. The highest BCUT2D eigenvalue weighted by molar-refractivity contribution is 5.95. The molecule has 2 amide bonds. The Hall–Kier alpha value is -3.36. The van der Waals surface area contributed by atoms with E-state index < -0.39 is 10.8 Å². The van der Waals surface area contributed by atoms with E-state index in [0.29, 0.717) is 43.2 Å². The Bertz CT molecular complexity index is 868. The maximum atomic E-state index is 12.5. The van der Waals surface area contributed by atoms with Gasteiger partial charge in [0, 0.05) is 37.8 Å². The van der Waals surface area contributed by atoms with Crippen molar-refractivity contribution in [1.82, 2.24) is 4.90 Å². The molecule has 2 N–H and O–H groups in total. The molecule has 0 saturated carbocycles. The molecule has 0 spiro atoms. The number of primary amides is 1. The van der Waals surface area contributed by atoms with Gasteiger partial charge in [-0.05, 0) is 25.1 Å². The van der Waals surface area contributed by atoms with Gasteiger partial charge in [-0.1, -0.05) is 0 Å². The van der Waals surface area contributed by atoms with Crippen LogP contribution in [0.3, 0.4) is 0 Å². The van der Waals surface area contributed by atoms with Crippen LogP contribution >= 0.6 is 0 Å². The normalized spacial score (nSPS) is 14.3. The number of carbonyl (C=O) groups excluding carboxylic acids is 2. The topological polar surface area (TPSA) is 123 Å². The summed E-state index contributed by atoms with van der Waals surface area (Å²) < 4.78 is 5.17. The molecule has 1 aliphatic rings. The van der Waals surface area contributed by atoms with E-state index in [9.17, 15) is 19.7 Å². The first kappa shape index (κ1) is 17.5. The van der Waals surface area contributed by atoms with Gasteiger partial charge in [0.1, 0.15) is 11.4 Å². The molecule has 1 aliphatic heterocycles. The number of carbonyl (C=O) groups is 2. The SMILES string of the molecule is Cc1occc1C(=O)N1CCN(c2ccc(C(N)=O)cc2[N+](=O)[O-])CC1. The first-order valence-electron chi connectivity index (χ1n) is 8.05. The summed E-state index contributed by atoms with van der Waals surface area (Å²) in [6.07, 6.45) is 1.47. The third kappa shape index (κ3) is 3.23. The fourth-order valence-corrected chi connectivity index (χ4v) is 3.02. The third-order valence-corrected chi connectivity index (χ3v) is 4.45. The van der Waals surface area contributed by atoms with Crippen molar-refractivity contribution in [2.24, 2.45) is 5.73 Å². The van der Waals surface area contributed by atoms with Gasteiger partial charge in [-0.2, -0.15) is 0 Å². The quantitative estimate of drug-likeness (QED) is 0.653. The minimum atomic E-state index is -0.717. The maximum absolute atomic E-state index is 12.5. The van der Waals surface area contributed by atoms with E-state index in [1.54, 1.807) is 17.9 Å². The molecule has 136 valence electrons. The Balaban J connectivity index is 1.76. The van der Waals surface area contributed by atoms with Crippen molar-refractivity contribution >= 4 is 23.2 Å². The van der Waals surface area contributed by atoms with Crippen molar-refractivity contribution < 1.29 is 18.9 Å². The van der Waals surface area contributed by atoms with Crippen LogP contribution < -0.4 is 10.6 Å². The van der Waals surface area contributed by atoms with Gasteiger partial charge in [0.05, 0.1) is 16.7 Å². The zero-order chi connectivity index (χ0) is 18.8. The molecular weight excluding hydrogens is 340 g/mol. The maximum Gasteiger partial charge on any atom is 0.293 e. The second-order valence-electron chi connectivity index (χ2n) is 5.99. The first-order chi connectivity index (χ1) is 12.4. The molecule has 1 saturated heterocycles. The van der Waals surface area contributed by atoms with E-state index in [-0.39, 0.29) is 17.2 Å². The Morgan fingerprint density at radius 1 is 1.19 bits per heavy atom. The summed E-state index contributed by atoms with van der Waals surface area (Å²) in [7, 11) is 0. The molecule has 0 radical (unpaired) electrons. The van der Waals surface area contributed by atoms with E-state index in [1.807, 2.05) is 4.90 Å². The smallest absolute Gasteiger partial charge is 0.293 e. The summed E-state index contributed by atoms with van der Waals surface area (Å²) in [6, 6.07) is 5.81. The molecule has 1 aromatic carbocycles. The molecule has 26 heavy (non-hydrogen) atoms. The number of hydrogen-bond acceptors (Lipinski definition) is 6. The van der Waals surface area contributed by atoms with Crippen LogP contribution in [-0.2, 0) is 0 Å². The van der Waals surface area contributed by atoms with Crippen LogP contribution in [-0.4, -0.2) is 47.8 Å². The molecule has 0 bridgehead atoms. The Labute approximate surface area is 149 Å². The number of rotatable bonds is 4. The van der Waals surface area contributed by atoms with Gasteiger partial charge in [0.25, 0.3) is 11.6 Å². The number of nitro groups is 1. The third-order valence-electron chi connectivity index (χ3n) is 4.45. The van der Waals surface area contributed by atoms with E-state index >= 15 is 0 Å². The fourth-order valence-electron chi connectivity index (χ4n) is 3.02. The predicted octanol–water partition coefficient (Wildman–Crippen LogP) is 1.56. The highest BCUT2D eigenvalue weighted by Crippen LogP contribution is 2.30. The molecule has 0 aliphatic carbocycles. The number of piperazine rings is 1. The fraction of sp³-hybridized carbons (Fsp3) is 0.294. The molecular formula is C17H18N4O5. The number of nitrogens with two attached hydrogens (primary N) is 1. The first-order valence-corrected chi connectivity index (χ1v) is 8.05. The lowest BCUT2D eigenvalue weighted by Gasteiger charge is -2.35. The van der Waals surface area contributed by atoms with Crippen LogP contribution in [0.25, 0.3) is 0 Å². The summed E-state index contributed by atoms with van der Waals surface area (Å²) in [5.41, 5.74) is 6.04. The summed E-state index contributed by atoms with van der Waals surface area (Å²) in [4.78, 5) is 38.1. The monoisotopic (exact) mass is 358 g/mol. The van der Waals surface area contributed by atoms with Gasteiger partial charge in [-0.25, -0.2) is 0 Å². The minimum Gasteiger partial charge on any atom is -0.469 e. The molecule has 2 heterocycles. The van der Waals surface area contributed by atoms with Crippen LogP contribution in [0.5, 0.6) is 0 Å². The molecule has 9 heteroatoms. The number of anilines is 1. The van der Waals surface area contributed by atoms with Gasteiger partial charge in [0.2, 0.25) is 5.91 Å². The molecule has 3 rings (SSSR count). The van der Waals surface area contributed by atoms with Crippen molar-refractivity contribution in [3.05, 3.63) is 57.5 Å². The largest absolute Gasteiger partial charge is 0.469 e. The molecule has 1 aromatic heterocycles. The Morgan fingerprint density at radius 2 is 1.88 bits per heavy atom. The van der Waals surface area contributed by atoms with E-state index in [0.717, 1.165) is 0 Å². The van der Waals surface area contributed by atoms with E-state index in [2.05, 4.69) is 0 Å². The highest BCUT2D eigenvalue weighted by atomic mass is 16.6. The zero-order valence-corrected chi connectivity index (χ0v) is 14.2. The van der Waals surface area contributed by atoms with Crippen molar-refractivity contribution in [3.63, 3.8) is 0 Å². The van der Waals surface area contributed by atoms with Gasteiger partial charge in [0.15, 0.2) is 0 Å². The average Bonchev–Trinajstić information content (AvgIpc) is 3.06. The number of amides is 2. The lowest BCUT2D eigenvalue weighted by molar-refractivity contribution is -0.384. The number of nitro benzene ring substituents is 1. The summed E-state index contributed by atoms with van der Waals surface area (Å²) in [5, 5.41) is 11.4. The number of nitrogens with zero attached hydrogens (tertiary/aromatic N) is 3. The Kier molecular flexibility index (Phi) is 4.61. The summed E-state index contributed by atoms with van der Waals surface area (Å²) in [6.45, 7) is 3.47. The van der Waals surface area contributed by atoms with Gasteiger partial charge in [-0.3, -0.25) is 19.7 Å². The number of benzene rings is 1. The predicted molar refractivity (Wildman–Crippen MR) is 93.2 cm³/mol. The van der Waals surface area contributed by atoms with Gasteiger partial charge in [-0.15, -0.1) is 0 Å². The van der Waals surface area contributed by atoms with Gasteiger partial charge >= 0.3 is 0 Å². The average molecular weight is 358 g/mol. The number of hydrogen-bond donors (Lipinski definition) is 1. The summed E-state index contributed by atoms with van der Waals surface area (Å²) >= 11 is 0. The van der Waals surface area contributed by atoms with Crippen molar-refractivity contribution in [3.8, 4) is 0 Å². The van der Waals surface area contributed by atoms with Crippen molar-refractivity contribution in [2.75, 3.05) is 31.1 Å². The second-order valence-corrected chi connectivity index (χ2v) is 5.99. The molecule has 0 unspecified atom stereocenters. The van der Waals surface area contributed by atoms with E-state index in [1.165, 1.54) is 24.5 Å². The zero-order valence-electron chi connectivity index (χ0n) is 14.2. The van der Waals surface area contributed by atoms with Crippen molar-refractivity contribution in [2.45, 2.75) is 6.92 Å². The van der Waals surface area contributed by atoms with Crippen molar-refractivity contribution in [1.29, 1.82) is 0 Å². The minimum absolute atomic E-state index is 0.0877. The second kappa shape index (κ2) is 6.87. The molecule has 0 atom stereocenters. The van der Waals surface area contributed by atoms with Crippen LogP contribution in [0.1, 0.15) is 26.5 Å². The van der Waals surface area contributed by atoms with Crippen LogP contribution in [0.4, 0.5) is 11.4 Å². The van der Waals surface area contributed by atoms with Crippen LogP contribution in [0.2, 0.25) is 0 Å². The highest BCUT2D eigenvalue weighted by Gasteiger charge is 2.28. The van der Waals surface area contributed by atoms with E-state index in [4.69, 9.17) is 10.2 Å². The Morgan fingerprint density at radius 3 is 2.42 bits per heavy atom.